The monoisotopic (exact) mass is 785 g/mol. The molecule has 3 heterocycles. The predicted octanol–water partition coefficient (Wildman–Crippen LogP) is -1.12. The van der Waals surface area contributed by atoms with Crippen LogP contribution in [0.5, 0.6) is 0 Å². The van der Waals surface area contributed by atoms with Crippen LogP contribution in [-0.2, 0) is 23.7 Å². The molecule has 0 aromatic heterocycles. The van der Waals surface area contributed by atoms with Gasteiger partial charge in [0.05, 0.1) is 74.8 Å². The van der Waals surface area contributed by atoms with Gasteiger partial charge >= 0.3 is 0 Å². The van der Waals surface area contributed by atoms with Gasteiger partial charge in [-0.15, -0.1) is 0 Å². The Kier molecular flexibility index (Phi) is 23.5. The predicted molar refractivity (Wildman–Crippen MR) is 217 cm³/mol. The lowest BCUT2D eigenvalue weighted by molar-refractivity contribution is -0.00826. The summed E-state index contributed by atoms with van der Waals surface area (Å²) in [6.45, 7) is 13.2. The van der Waals surface area contributed by atoms with Crippen molar-refractivity contribution in [1.82, 2.24) is 47.9 Å². The van der Waals surface area contributed by atoms with Crippen molar-refractivity contribution >= 4 is 63.4 Å². The van der Waals surface area contributed by atoms with Crippen LogP contribution in [0.4, 0.5) is 11.4 Å². The highest BCUT2D eigenvalue weighted by Crippen LogP contribution is 2.16. The van der Waals surface area contributed by atoms with Gasteiger partial charge in [0.15, 0.2) is 10.2 Å². The van der Waals surface area contributed by atoms with E-state index in [0.29, 0.717) is 102 Å². The van der Waals surface area contributed by atoms with Gasteiger partial charge in [-0.1, -0.05) is 0 Å². The maximum Gasteiger partial charge on any atom is 0.171 e. The van der Waals surface area contributed by atoms with Gasteiger partial charge in [-0.05, 0) is 60.9 Å². The van der Waals surface area contributed by atoms with Crippen molar-refractivity contribution < 1.29 is 23.7 Å². The van der Waals surface area contributed by atoms with Crippen molar-refractivity contribution in [1.29, 1.82) is 0 Å². The minimum Gasteiger partial charge on any atom is -0.382 e. The highest BCUT2D eigenvalue weighted by atomic mass is 32.1. The third-order valence-electron chi connectivity index (χ3n) is 8.16. The Morgan fingerprint density at radius 1 is 0.635 bits per heavy atom. The molecule has 0 unspecified atom stereocenters. The van der Waals surface area contributed by atoms with E-state index >= 15 is 0 Å². The topological polar surface area (TPSA) is 179 Å². The van der Waals surface area contributed by atoms with E-state index in [2.05, 4.69) is 63.3 Å². The fraction of sp³-hybridized carbons (Fsp3) is 0.727. The van der Waals surface area contributed by atoms with Crippen LogP contribution in [0.1, 0.15) is 0 Å². The minimum atomic E-state index is -0.383. The summed E-state index contributed by atoms with van der Waals surface area (Å²) in [6, 6.07) is 7.58. The van der Waals surface area contributed by atoms with Gasteiger partial charge in [-0.3, -0.25) is 0 Å². The second-order valence-corrected chi connectivity index (χ2v) is 13.5. The number of isothiocyanates is 1. The smallest absolute Gasteiger partial charge is 0.171 e. The van der Waals surface area contributed by atoms with Crippen LogP contribution >= 0.6 is 36.7 Å². The molecule has 0 amide bonds. The number of hydrogen-bond acceptors (Lipinski definition) is 15. The largest absolute Gasteiger partial charge is 0.382 e. The first-order chi connectivity index (χ1) is 25.5. The van der Waals surface area contributed by atoms with Crippen molar-refractivity contribution in [3.8, 4) is 0 Å². The first-order valence-electron chi connectivity index (χ1n) is 17.9. The number of hydrogen-bond donors (Lipinski definition) is 10. The number of anilines is 1. The highest BCUT2D eigenvalue weighted by Gasteiger charge is 2.33. The minimum absolute atomic E-state index is 0.275. The van der Waals surface area contributed by atoms with E-state index < -0.39 is 0 Å². The average Bonchev–Trinajstić information content (AvgIpc) is 3.13. The molecule has 3 saturated heterocycles. The zero-order valence-corrected chi connectivity index (χ0v) is 32.8. The van der Waals surface area contributed by atoms with Gasteiger partial charge in [0.25, 0.3) is 0 Å². The molecule has 0 spiro atoms. The summed E-state index contributed by atoms with van der Waals surface area (Å²) in [6.07, 6.45) is 0. The summed E-state index contributed by atoms with van der Waals surface area (Å²) in [5, 5.41) is 39.1. The second kappa shape index (κ2) is 27.5. The van der Waals surface area contributed by atoms with E-state index in [9.17, 15) is 0 Å². The van der Waals surface area contributed by atoms with Crippen LogP contribution in [0.3, 0.4) is 0 Å². The first kappa shape index (κ1) is 44.4. The normalized spacial score (nSPS) is 21.9. The van der Waals surface area contributed by atoms with Gasteiger partial charge in [0, 0.05) is 91.3 Å². The quantitative estimate of drug-likeness (QED) is 0.0375. The van der Waals surface area contributed by atoms with Crippen molar-refractivity contribution in [2.75, 3.05) is 151 Å². The number of benzene rings is 1. The van der Waals surface area contributed by atoms with Crippen LogP contribution in [0.15, 0.2) is 29.3 Å². The van der Waals surface area contributed by atoms with E-state index in [1.54, 1.807) is 7.11 Å². The standard InChI is InChI=1S/C33H59N11O5S3/c1-45-12-13-46-14-15-47-16-17-48-18-19-49-26-40-30(51)43-32-20-34-6-9-37-23-33(24-38-10-7-35-21-32,25-39-11-8-36-22-32)44-31(52)42-29-4-2-28(3-5-29)41-27-50/h2-5,34-39H,6-26H2,1H3,(H2,40,43,51)(H2,42,44,52). The van der Waals surface area contributed by atoms with E-state index in [0.717, 1.165) is 50.6 Å². The van der Waals surface area contributed by atoms with Crippen molar-refractivity contribution in [2.24, 2.45) is 4.99 Å². The summed E-state index contributed by atoms with van der Waals surface area (Å²) in [7, 11) is 1.65. The lowest BCUT2D eigenvalue weighted by Gasteiger charge is -2.39. The number of methoxy groups -OCH3 is 1. The Morgan fingerprint density at radius 3 is 1.46 bits per heavy atom. The Labute approximate surface area is 324 Å². The zero-order valence-electron chi connectivity index (χ0n) is 30.4. The summed E-state index contributed by atoms with van der Waals surface area (Å²) in [5.74, 6) is 0. The maximum atomic E-state index is 5.79. The Hall–Kier alpha value is -2.04. The summed E-state index contributed by atoms with van der Waals surface area (Å²) in [4.78, 5) is 4.02. The van der Waals surface area contributed by atoms with E-state index in [-0.39, 0.29) is 17.8 Å². The zero-order chi connectivity index (χ0) is 37.0. The number of aliphatic imine (C=N–C) groups is 1. The van der Waals surface area contributed by atoms with Crippen molar-refractivity contribution in [2.45, 2.75) is 11.1 Å². The molecular formula is C33H59N11O5S3. The number of ether oxygens (including phenoxy) is 5. The van der Waals surface area contributed by atoms with Gasteiger partial charge in [-0.2, -0.15) is 4.99 Å². The number of fused-ring (bicyclic) bond motifs is 15. The van der Waals surface area contributed by atoms with E-state index in [1.165, 1.54) is 0 Å². The fourth-order valence-electron chi connectivity index (χ4n) is 5.49. The molecule has 3 aliphatic heterocycles. The number of rotatable bonds is 18. The molecule has 2 bridgehead atoms. The summed E-state index contributed by atoms with van der Waals surface area (Å²) >= 11 is 16.2. The number of nitrogens with one attached hydrogen (secondary N) is 10. The molecule has 294 valence electrons. The first-order valence-corrected chi connectivity index (χ1v) is 19.1. The molecular weight excluding hydrogens is 727 g/mol. The van der Waals surface area contributed by atoms with Gasteiger partial charge in [0.2, 0.25) is 0 Å². The summed E-state index contributed by atoms with van der Waals surface area (Å²) in [5.41, 5.74) is 0.844. The van der Waals surface area contributed by atoms with Gasteiger partial charge in [0.1, 0.15) is 6.73 Å². The van der Waals surface area contributed by atoms with Crippen LogP contribution in [0.2, 0.25) is 0 Å². The molecule has 1 aromatic rings. The summed E-state index contributed by atoms with van der Waals surface area (Å²) < 4.78 is 27.1. The van der Waals surface area contributed by atoms with E-state index in [1.807, 2.05) is 24.3 Å². The van der Waals surface area contributed by atoms with Crippen molar-refractivity contribution in [3.63, 3.8) is 0 Å². The lowest BCUT2D eigenvalue weighted by Crippen LogP contribution is -2.69. The lowest BCUT2D eigenvalue weighted by atomic mass is 9.97. The molecule has 1 aromatic carbocycles. The Balaban J connectivity index is 1.44. The van der Waals surface area contributed by atoms with Crippen LogP contribution < -0.4 is 53.2 Å². The van der Waals surface area contributed by atoms with Gasteiger partial charge in [-0.25, -0.2) is 0 Å². The molecule has 0 aliphatic carbocycles. The molecule has 52 heavy (non-hydrogen) atoms. The third-order valence-corrected chi connectivity index (χ3v) is 8.70. The third kappa shape index (κ3) is 19.3. The van der Waals surface area contributed by atoms with Gasteiger partial charge < -0.3 is 76.9 Å². The molecule has 3 aliphatic rings. The average molecular weight is 786 g/mol. The van der Waals surface area contributed by atoms with Crippen molar-refractivity contribution in [3.05, 3.63) is 24.3 Å². The molecule has 0 saturated carbocycles. The SMILES string of the molecule is COCCOCCOCCOCCOCNC(=S)NC12CNCCNCC(NC(=S)Nc3ccc(N=C=S)cc3)(CNCCNC1)CNCCNC2. The van der Waals surface area contributed by atoms with Crippen LogP contribution in [-0.4, -0.2) is 172 Å². The fourth-order valence-corrected chi connectivity index (χ4v) is 6.20. The Morgan fingerprint density at radius 2 is 1.04 bits per heavy atom. The molecule has 19 heteroatoms. The highest BCUT2D eigenvalue weighted by molar-refractivity contribution is 7.80. The molecule has 0 radical (unpaired) electrons. The molecule has 10 N–H and O–H groups in total. The van der Waals surface area contributed by atoms with Crippen LogP contribution in [0.25, 0.3) is 0 Å². The second-order valence-electron chi connectivity index (χ2n) is 12.5. The molecule has 3 fully saturated rings. The molecule has 4 rings (SSSR count). The number of nitrogens with zero attached hydrogens (tertiary/aromatic N) is 1. The Bertz CT molecular complexity index is 1140. The molecule has 16 nitrogen and oxygen atoms in total. The maximum absolute atomic E-state index is 5.79. The molecule has 0 atom stereocenters. The van der Waals surface area contributed by atoms with E-state index in [4.69, 9.17) is 60.3 Å². The number of thiocarbonyl (C=S) groups is 3. The van der Waals surface area contributed by atoms with Crippen LogP contribution in [0, 0.1) is 0 Å².